The first-order valence-corrected chi connectivity index (χ1v) is 8.23. The number of carbonyl (C=O) groups is 2. The molecular weight excluding hydrogens is 268 g/mol. The molecule has 0 aliphatic heterocycles. The fourth-order valence-electron chi connectivity index (χ4n) is 2.20. The Balaban J connectivity index is 3.91. The lowest BCUT2D eigenvalue weighted by atomic mass is 9.99. The molecule has 21 heavy (non-hydrogen) atoms. The van der Waals surface area contributed by atoms with E-state index in [9.17, 15) is 9.59 Å². The van der Waals surface area contributed by atoms with Crippen LogP contribution in [0.2, 0.25) is 0 Å². The SMILES string of the molecule is CCCCCCCCCCC(C(=O)O)C(=O)OC(C)(C)C. The largest absolute Gasteiger partial charge is 0.481 e. The monoisotopic (exact) mass is 300 g/mol. The van der Waals surface area contributed by atoms with Crippen molar-refractivity contribution in [1.82, 2.24) is 0 Å². The van der Waals surface area contributed by atoms with Crippen LogP contribution in [0.15, 0.2) is 0 Å². The molecule has 0 saturated heterocycles. The summed E-state index contributed by atoms with van der Waals surface area (Å²) in [6.07, 6.45) is 9.51. The van der Waals surface area contributed by atoms with E-state index in [1.165, 1.54) is 32.1 Å². The third-order valence-electron chi connectivity index (χ3n) is 3.34. The standard InChI is InChI=1S/C17H32O4/c1-5-6-7-8-9-10-11-12-13-14(15(18)19)16(20)21-17(2,3)4/h14H,5-13H2,1-4H3,(H,18,19). The molecule has 0 amide bonds. The lowest BCUT2D eigenvalue weighted by Crippen LogP contribution is -2.32. The van der Waals surface area contributed by atoms with Crippen LogP contribution in [-0.4, -0.2) is 22.6 Å². The van der Waals surface area contributed by atoms with Crippen LogP contribution >= 0.6 is 0 Å². The van der Waals surface area contributed by atoms with E-state index in [2.05, 4.69) is 6.92 Å². The van der Waals surface area contributed by atoms with Gasteiger partial charge in [-0.05, 0) is 27.2 Å². The second-order valence-electron chi connectivity index (χ2n) is 6.69. The molecule has 124 valence electrons. The second kappa shape index (κ2) is 10.6. The molecule has 1 N–H and O–H groups in total. The Hall–Kier alpha value is -1.06. The van der Waals surface area contributed by atoms with E-state index < -0.39 is 23.5 Å². The van der Waals surface area contributed by atoms with Crippen molar-refractivity contribution in [3.05, 3.63) is 0 Å². The quantitative estimate of drug-likeness (QED) is 0.345. The summed E-state index contributed by atoms with van der Waals surface area (Å²) < 4.78 is 5.16. The number of unbranched alkanes of at least 4 members (excludes halogenated alkanes) is 7. The van der Waals surface area contributed by atoms with Gasteiger partial charge in [0.15, 0.2) is 5.92 Å². The van der Waals surface area contributed by atoms with Crippen LogP contribution in [0.5, 0.6) is 0 Å². The molecule has 4 heteroatoms. The smallest absolute Gasteiger partial charge is 0.320 e. The van der Waals surface area contributed by atoms with Gasteiger partial charge in [-0.1, -0.05) is 58.3 Å². The minimum absolute atomic E-state index is 0.374. The van der Waals surface area contributed by atoms with Crippen molar-refractivity contribution in [3.63, 3.8) is 0 Å². The van der Waals surface area contributed by atoms with Crippen LogP contribution in [0.4, 0.5) is 0 Å². The zero-order chi connectivity index (χ0) is 16.3. The van der Waals surface area contributed by atoms with Gasteiger partial charge in [0.1, 0.15) is 5.60 Å². The first kappa shape index (κ1) is 19.9. The molecule has 0 bridgehead atoms. The van der Waals surface area contributed by atoms with Gasteiger partial charge in [0, 0.05) is 0 Å². The number of hydrogen-bond donors (Lipinski definition) is 1. The van der Waals surface area contributed by atoms with Crippen molar-refractivity contribution in [3.8, 4) is 0 Å². The van der Waals surface area contributed by atoms with Gasteiger partial charge >= 0.3 is 11.9 Å². The number of carbonyl (C=O) groups excluding carboxylic acids is 1. The lowest BCUT2D eigenvalue weighted by molar-refractivity contribution is -0.167. The number of hydrogen-bond acceptors (Lipinski definition) is 3. The molecule has 4 nitrogen and oxygen atoms in total. The number of carboxylic acids is 1. The summed E-state index contributed by atoms with van der Waals surface area (Å²) in [6.45, 7) is 7.45. The van der Waals surface area contributed by atoms with Crippen molar-refractivity contribution >= 4 is 11.9 Å². The zero-order valence-electron chi connectivity index (χ0n) is 14.1. The summed E-state index contributed by atoms with van der Waals surface area (Å²) in [4.78, 5) is 23.0. The summed E-state index contributed by atoms with van der Waals surface area (Å²) in [5.74, 6) is -2.71. The molecular formula is C17H32O4. The average molecular weight is 300 g/mol. The molecule has 0 aromatic rings. The van der Waals surface area contributed by atoms with Crippen molar-refractivity contribution in [2.24, 2.45) is 5.92 Å². The first-order valence-electron chi connectivity index (χ1n) is 8.23. The maximum absolute atomic E-state index is 11.8. The maximum Gasteiger partial charge on any atom is 0.320 e. The summed E-state index contributed by atoms with van der Waals surface area (Å²) in [6, 6.07) is 0. The van der Waals surface area contributed by atoms with Crippen molar-refractivity contribution in [1.29, 1.82) is 0 Å². The number of carboxylic acid groups (broad SMARTS) is 1. The highest BCUT2D eigenvalue weighted by Crippen LogP contribution is 2.18. The Morgan fingerprint density at radius 2 is 1.43 bits per heavy atom. The normalized spacial score (nSPS) is 13.0. The van der Waals surface area contributed by atoms with Gasteiger partial charge < -0.3 is 9.84 Å². The van der Waals surface area contributed by atoms with Crippen LogP contribution < -0.4 is 0 Å². The van der Waals surface area contributed by atoms with E-state index in [1.54, 1.807) is 20.8 Å². The van der Waals surface area contributed by atoms with E-state index in [1.807, 2.05) is 0 Å². The van der Waals surface area contributed by atoms with Gasteiger partial charge in [0.25, 0.3) is 0 Å². The molecule has 0 aliphatic rings. The molecule has 0 aromatic carbocycles. The molecule has 0 aliphatic carbocycles. The van der Waals surface area contributed by atoms with Crippen LogP contribution in [0.25, 0.3) is 0 Å². The van der Waals surface area contributed by atoms with E-state index in [4.69, 9.17) is 9.84 Å². The van der Waals surface area contributed by atoms with E-state index >= 15 is 0 Å². The van der Waals surface area contributed by atoms with Crippen molar-refractivity contribution in [2.75, 3.05) is 0 Å². The number of ether oxygens (including phenoxy) is 1. The molecule has 0 rings (SSSR count). The van der Waals surface area contributed by atoms with Crippen LogP contribution in [0.3, 0.4) is 0 Å². The van der Waals surface area contributed by atoms with Gasteiger partial charge in [0.2, 0.25) is 0 Å². The predicted molar refractivity (Wildman–Crippen MR) is 84.2 cm³/mol. The minimum Gasteiger partial charge on any atom is -0.481 e. The highest BCUT2D eigenvalue weighted by Gasteiger charge is 2.30. The zero-order valence-corrected chi connectivity index (χ0v) is 14.1. The fourth-order valence-corrected chi connectivity index (χ4v) is 2.20. The molecule has 0 saturated carbocycles. The van der Waals surface area contributed by atoms with Crippen molar-refractivity contribution < 1.29 is 19.4 Å². The number of aliphatic carboxylic acids is 1. The molecule has 0 heterocycles. The number of esters is 1. The fraction of sp³-hybridized carbons (Fsp3) is 0.882. The molecule has 1 unspecified atom stereocenters. The second-order valence-corrected chi connectivity index (χ2v) is 6.69. The summed E-state index contributed by atoms with van der Waals surface area (Å²) in [5, 5.41) is 9.14. The Kier molecular flexibility index (Phi) is 10.1. The van der Waals surface area contributed by atoms with Crippen molar-refractivity contribution in [2.45, 2.75) is 91.1 Å². The van der Waals surface area contributed by atoms with Gasteiger partial charge in [-0.25, -0.2) is 0 Å². The third kappa shape index (κ3) is 11.3. The highest BCUT2D eigenvalue weighted by atomic mass is 16.6. The molecule has 0 radical (unpaired) electrons. The summed E-state index contributed by atoms with van der Waals surface area (Å²) in [5.41, 5.74) is -0.635. The summed E-state index contributed by atoms with van der Waals surface area (Å²) >= 11 is 0. The Morgan fingerprint density at radius 3 is 1.86 bits per heavy atom. The molecule has 1 atom stereocenters. The number of rotatable bonds is 11. The first-order chi connectivity index (χ1) is 9.78. The average Bonchev–Trinajstić information content (AvgIpc) is 2.34. The van der Waals surface area contributed by atoms with Crippen LogP contribution in [0.1, 0.15) is 85.5 Å². The molecule has 0 aromatic heterocycles. The van der Waals surface area contributed by atoms with E-state index in [0.29, 0.717) is 6.42 Å². The predicted octanol–water partition coefficient (Wildman–Crippen LogP) is 4.56. The van der Waals surface area contributed by atoms with Gasteiger partial charge in [-0.2, -0.15) is 0 Å². The molecule has 0 fully saturated rings. The Labute approximate surface area is 129 Å². The summed E-state index contributed by atoms with van der Waals surface area (Å²) in [7, 11) is 0. The van der Waals surface area contributed by atoms with E-state index in [-0.39, 0.29) is 0 Å². The molecule has 0 spiro atoms. The third-order valence-corrected chi connectivity index (χ3v) is 3.34. The lowest BCUT2D eigenvalue weighted by Gasteiger charge is -2.22. The van der Waals surface area contributed by atoms with Crippen LogP contribution in [0, 0.1) is 5.92 Å². The van der Waals surface area contributed by atoms with Gasteiger partial charge in [-0.15, -0.1) is 0 Å². The van der Waals surface area contributed by atoms with E-state index in [0.717, 1.165) is 19.3 Å². The Morgan fingerprint density at radius 1 is 0.952 bits per heavy atom. The van der Waals surface area contributed by atoms with Gasteiger partial charge in [0.05, 0.1) is 0 Å². The highest BCUT2D eigenvalue weighted by molar-refractivity contribution is 5.94. The Bertz CT molecular complexity index is 304. The van der Waals surface area contributed by atoms with Gasteiger partial charge in [-0.3, -0.25) is 9.59 Å². The maximum atomic E-state index is 11.8. The van der Waals surface area contributed by atoms with Crippen LogP contribution in [-0.2, 0) is 14.3 Å². The topological polar surface area (TPSA) is 63.6 Å². The minimum atomic E-state index is -1.08.